The Kier molecular flexibility index (Phi) is 24.4. The number of fused-ring (bicyclic) bond motifs is 2. The fraction of sp³-hybridized carbons (Fsp3) is 0.345. The lowest BCUT2D eigenvalue weighted by molar-refractivity contribution is 0.112. The van der Waals surface area contributed by atoms with Gasteiger partial charge in [0, 0.05) is 66.5 Å². The number of hydrogen-bond acceptors (Lipinski definition) is 7. The average Bonchev–Trinajstić information content (AvgIpc) is 3.68. The molecule has 0 unspecified atom stereocenters. The monoisotopic (exact) mass is 884 g/mol. The van der Waals surface area contributed by atoms with Crippen molar-refractivity contribution in [3.8, 4) is 23.1 Å². The molecule has 0 atom stereocenters. The quantitative estimate of drug-likeness (QED) is 0.140. The van der Waals surface area contributed by atoms with Crippen LogP contribution in [-0.4, -0.2) is 73.1 Å². The maximum Gasteiger partial charge on any atom is 0.150 e. The third-order valence-electron chi connectivity index (χ3n) is 10.9. The molecule has 0 radical (unpaired) electrons. The zero-order valence-corrected chi connectivity index (χ0v) is 40.2. The second kappa shape index (κ2) is 29.6. The standard InChI is InChI=1S/C16H16ClNO.C14H15NO.C10H13N.C8H7N.C5H13NO.C2H6/c1-11-8-16(18-7-3-2-4-15(11)18)14-9-13(17)6-5-12(14)10-19;1-15-13-7-9-14(10-8-13)16-11-12-5-3-2-4-6-12;1-11-7-6-9-4-2-3-5-10(9)8-11;1-7-4-2-3-5-8(7)6-9;1-3-6(2)4-5-7;1-2/h5-6,8-10H,2-4,7H2,1H3;2-10,15H,11H2,1H3;2-5H,6-8H2,1H3;2-5H,1H3;7H,3-5H2,1-2H3;1-2H3. The van der Waals surface area contributed by atoms with Crippen molar-refractivity contribution in [3.63, 3.8) is 0 Å². The Morgan fingerprint density at radius 2 is 1.52 bits per heavy atom. The normalized spacial score (nSPS) is 12.2. The molecular formula is C55H70ClN5O3. The van der Waals surface area contributed by atoms with E-state index >= 15 is 0 Å². The molecule has 5 aromatic carbocycles. The number of aliphatic hydroxyl groups excluding tert-OH is 1. The van der Waals surface area contributed by atoms with Crippen molar-refractivity contribution >= 4 is 23.6 Å². The van der Waals surface area contributed by atoms with E-state index in [0.717, 1.165) is 72.7 Å². The lowest BCUT2D eigenvalue weighted by Gasteiger charge is -2.24. The van der Waals surface area contributed by atoms with Crippen LogP contribution in [0.5, 0.6) is 5.75 Å². The molecule has 0 saturated carbocycles. The van der Waals surface area contributed by atoms with E-state index in [9.17, 15) is 4.79 Å². The third-order valence-corrected chi connectivity index (χ3v) is 11.1. The first-order chi connectivity index (χ1) is 31.1. The zero-order valence-electron chi connectivity index (χ0n) is 39.4. The number of aliphatic hydroxyl groups is 1. The topological polar surface area (TPSA) is 93.8 Å². The minimum absolute atomic E-state index is 0.268. The minimum atomic E-state index is 0.268. The Bertz CT molecular complexity index is 2280. The number of nitriles is 1. The number of nitrogens with one attached hydrogen (secondary N) is 1. The smallest absolute Gasteiger partial charge is 0.150 e. The van der Waals surface area contributed by atoms with Crippen LogP contribution in [0.15, 0.2) is 127 Å². The van der Waals surface area contributed by atoms with Crippen molar-refractivity contribution < 1.29 is 14.6 Å². The van der Waals surface area contributed by atoms with Gasteiger partial charge in [0.15, 0.2) is 6.29 Å². The van der Waals surface area contributed by atoms with E-state index in [0.29, 0.717) is 17.2 Å². The first-order valence-corrected chi connectivity index (χ1v) is 22.9. The number of benzene rings is 5. The van der Waals surface area contributed by atoms with Gasteiger partial charge in [-0.05, 0) is 143 Å². The average molecular weight is 885 g/mol. The second-order valence-electron chi connectivity index (χ2n) is 15.5. The summed E-state index contributed by atoms with van der Waals surface area (Å²) >= 11 is 6.09. The maximum atomic E-state index is 11.2. The summed E-state index contributed by atoms with van der Waals surface area (Å²) < 4.78 is 8.01. The van der Waals surface area contributed by atoms with Gasteiger partial charge in [-0.15, -0.1) is 0 Å². The molecule has 0 fully saturated rings. The molecular weight excluding hydrogens is 814 g/mol. The van der Waals surface area contributed by atoms with E-state index in [1.807, 2.05) is 108 Å². The first kappa shape index (κ1) is 52.7. The predicted octanol–water partition coefficient (Wildman–Crippen LogP) is 12.1. The molecule has 2 aliphatic heterocycles. The lowest BCUT2D eigenvalue weighted by atomic mass is 10.0. The van der Waals surface area contributed by atoms with Crippen LogP contribution in [-0.2, 0) is 32.5 Å². The summed E-state index contributed by atoms with van der Waals surface area (Å²) in [5, 5.41) is 20.5. The van der Waals surface area contributed by atoms with Gasteiger partial charge in [-0.1, -0.05) is 105 Å². The first-order valence-electron chi connectivity index (χ1n) is 22.5. The van der Waals surface area contributed by atoms with E-state index in [1.165, 1.54) is 53.8 Å². The molecule has 9 heteroatoms. The molecule has 1 aromatic heterocycles. The van der Waals surface area contributed by atoms with Gasteiger partial charge in [0.2, 0.25) is 0 Å². The van der Waals surface area contributed by atoms with Crippen LogP contribution >= 0.6 is 11.6 Å². The number of aromatic nitrogens is 1. The van der Waals surface area contributed by atoms with E-state index in [1.54, 1.807) is 12.1 Å². The van der Waals surface area contributed by atoms with Gasteiger partial charge in [0.05, 0.1) is 18.2 Å². The Morgan fingerprint density at radius 3 is 2.12 bits per heavy atom. The predicted molar refractivity (Wildman–Crippen MR) is 269 cm³/mol. The van der Waals surface area contributed by atoms with Crippen LogP contribution in [0.3, 0.4) is 0 Å². The molecule has 64 heavy (non-hydrogen) atoms. The number of carbonyl (C=O) groups is 1. The van der Waals surface area contributed by atoms with Gasteiger partial charge in [0.1, 0.15) is 12.4 Å². The van der Waals surface area contributed by atoms with Crippen LogP contribution in [0, 0.1) is 25.2 Å². The molecule has 0 saturated heterocycles. The van der Waals surface area contributed by atoms with Crippen molar-refractivity contribution in [1.82, 2.24) is 14.4 Å². The SMILES string of the molecule is CC.CCN(C)CCO.CN1CCc2ccccc2C1.CNc1ccc(OCc2ccccc2)cc1.Cc1cc(-c2cc(Cl)ccc2C=O)n2c1CCCC2.Cc1ccccc1C#N. The van der Waals surface area contributed by atoms with E-state index in [2.05, 4.69) is 89.1 Å². The fourth-order valence-electron chi connectivity index (χ4n) is 7.07. The van der Waals surface area contributed by atoms with Crippen LogP contribution in [0.25, 0.3) is 11.3 Å². The molecule has 340 valence electrons. The zero-order chi connectivity index (χ0) is 46.7. The maximum absolute atomic E-state index is 11.2. The molecule has 8 rings (SSSR count). The van der Waals surface area contributed by atoms with Gasteiger partial charge in [-0.25, -0.2) is 0 Å². The van der Waals surface area contributed by atoms with Crippen LogP contribution in [0.4, 0.5) is 5.69 Å². The Balaban J connectivity index is 0.000000220. The molecule has 0 aliphatic carbocycles. The molecule has 8 nitrogen and oxygen atoms in total. The summed E-state index contributed by atoms with van der Waals surface area (Å²) in [6, 6.07) is 44.1. The molecule has 0 amide bonds. The lowest BCUT2D eigenvalue weighted by Crippen LogP contribution is -2.26. The number of aryl methyl sites for hydroxylation is 2. The second-order valence-corrected chi connectivity index (χ2v) is 15.9. The Morgan fingerprint density at radius 1 is 0.844 bits per heavy atom. The number of ether oxygens (including phenoxy) is 1. The number of likely N-dealkylation sites (N-methyl/N-ethyl adjacent to an activating group) is 2. The highest BCUT2D eigenvalue weighted by Crippen LogP contribution is 2.33. The fourth-order valence-corrected chi connectivity index (χ4v) is 7.25. The highest BCUT2D eigenvalue weighted by molar-refractivity contribution is 6.31. The number of aldehydes is 1. The summed E-state index contributed by atoms with van der Waals surface area (Å²) in [5.74, 6) is 0.892. The number of carbonyl (C=O) groups excluding carboxylic acids is 1. The molecule has 0 spiro atoms. The minimum Gasteiger partial charge on any atom is -0.489 e. The number of anilines is 1. The number of halogens is 1. The summed E-state index contributed by atoms with van der Waals surface area (Å²) in [7, 11) is 6.06. The highest BCUT2D eigenvalue weighted by atomic mass is 35.5. The Hall–Kier alpha value is -5.69. The summed E-state index contributed by atoms with van der Waals surface area (Å²) in [6.07, 6.45) is 5.70. The summed E-state index contributed by atoms with van der Waals surface area (Å²) in [5.41, 5.74) is 12.6. The largest absolute Gasteiger partial charge is 0.489 e. The molecule has 0 bridgehead atoms. The summed E-state index contributed by atoms with van der Waals surface area (Å²) in [6.45, 7) is 16.2. The van der Waals surface area contributed by atoms with Gasteiger partial charge < -0.3 is 29.5 Å². The van der Waals surface area contributed by atoms with Gasteiger partial charge in [-0.2, -0.15) is 5.26 Å². The molecule has 6 aromatic rings. The van der Waals surface area contributed by atoms with Crippen LogP contribution < -0.4 is 10.1 Å². The van der Waals surface area contributed by atoms with Gasteiger partial charge in [0.25, 0.3) is 0 Å². The van der Waals surface area contributed by atoms with Crippen molar-refractivity contribution in [2.45, 2.75) is 80.0 Å². The van der Waals surface area contributed by atoms with Gasteiger partial charge in [-0.3, -0.25) is 4.79 Å². The van der Waals surface area contributed by atoms with Crippen molar-refractivity contribution in [2.75, 3.05) is 52.7 Å². The van der Waals surface area contributed by atoms with Crippen LogP contribution in [0.2, 0.25) is 5.02 Å². The third kappa shape index (κ3) is 17.5. The van der Waals surface area contributed by atoms with E-state index < -0.39 is 0 Å². The van der Waals surface area contributed by atoms with E-state index in [-0.39, 0.29) is 6.61 Å². The number of rotatable bonds is 9. The number of nitrogens with zero attached hydrogens (tertiary/aromatic N) is 4. The number of hydrogen-bond donors (Lipinski definition) is 2. The van der Waals surface area contributed by atoms with E-state index in [4.69, 9.17) is 26.7 Å². The van der Waals surface area contributed by atoms with Crippen molar-refractivity contribution in [3.05, 3.63) is 177 Å². The van der Waals surface area contributed by atoms with Crippen LogP contribution in [0.1, 0.15) is 83.0 Å². The Labute approximate surface area is 389 Å². The highest BCUT2D eigenvalue weighted by Gasteiger charge is 2.19. The van der Waals surface area contributed by atoms with Gasteiger partial charge >= 0.3 is 0 Å². The molecule has 2 aliphatic rings. The molecule has 3 heterocycles. The molecule has 2 N–H and O–H groups in total. The summed E-state index contributed by atoms with van der Waals surface area (Å²) in [4.78, 5) is 15.7. The van der Waals surface area contributed by atoms with Crippen molar-refractivity contribution in [2.24, 2.45) is 0 Å². The van der Waals surface area contributed by atoms with Crippen molar-refractivity contribution in [1.29, 1.82) is 5.26 Å².